The molecule has 2 rings (SSSR count). The van der Waals surface area contributed by atoms with Crippen LogP contribution in [0.3, 0.4) is 0 Å². The maximum Gasteiger partial charge on any atom is 0.324 e. The summed E-state index contributed by atoms with van der Waals surface area (Å²) < 4.78 is 20.1. The van der Waals surface area contributed by atoms with Gasteiger partial charge in [-0.25, -0.2) is 0 Å². The molecule has 0 unspecified atom stereocenters. The van der Waals surface area contributed by atoms with E-state index in [1.54, 1.807) is 12.1 Å². The molecule has 1 aromatic carbocycles. The molecule has 0 saturated carbocycles. The fourth-order valence-electron chi connectivity index (χ4n) is 2.72. The van der Waals surface area contributed by atoms with Crippen LogP contribution in [0.25, 0.3) is 0 Å². The van der Waals surface area contributed by atoms with E-state index in [2.05, 4.69) is 10.3 Å². The van der Waals surface area contributed by atoms with Gasteiger partial charge in [-0.3, -0.25) is 14.6 Å². The molecule has 1 aliphatic heterocycles. The second-order valence-electron chi connectivity index (χ2n) is 5.59. The third-order valence-corrected chi connectivity index (χ3v) is 4.07. The van der Waals surface area contributed by atoms with Crippen LogP contribution in [0.4, 0.5) is 5.69 Å². The highest BCUT2D eigenvalue weighted by molar-refractivity contribution is 6.02. The summed E-state index contributed by atoms with van der Waals surface area (Å²) in [7, 11) is 5.30. The normalized spacial score (nSPS) is 14.0. The molecule has 142 valence electrons. The lowest BCUT2D eigenvalue weighted by Crippen LogP contribution is -2.25. The smallest absolute Gasteiger partial charge is 0.324 e. The van der Waals surface area contributed by atoms with Gasteiger partial charge in [-0.05, 0) is 12.8 Å². The van der Waals surface area contributed by atoms with E-state index in [1.807, 2.05) is 5.01 Å². The van der Waals surface area contributed by atoms with Crippen LogP contribution in [0.2, 0.25) is 0 Å². The molecule has 9 nitrogen and oxygen atoms in total. The number of carbonyl (C=O) groups is 2. The first kappa shape index (κ1) is 19.5. The molecule has 0 bridgehead atoms. The number of esters is 2. The summed E-state index contributed by atoms with van der Waals surface area (Å²) in [5.41, 5.74) is 0.490. The molecule has 1 heterocycles. The van der Waals surface area contributed by atoms with Gasteiger partial charge >= 0.3 is 11.9 Å². The number of hydrogen-bond donors (Lipinski definition) is 0. The monoisotopic (exact) mass is 365 g/mol. The molecule has 0 atom stereocenters. The first-order chi connectivity index (χ1) is 12.5. The second kappa shape index (κ2) is 9.02. The Bertz CT molecular complexity index is 669. The van der Waals surface area contributed by atoms with Crippen molar-refractivity contribution in [3.63, 3.8) is 0 Å². The van der Waals surface area contributed by atoms with Crippen molar-refractivity contribution >= 4 is 17.6 Å². The molecule has 9 heteroatoms. The van der Waals surface area contributed by atoms with Crippen molar-refractivity contribution in [1.29, 1.82) is 0 Å². The standard InChI is InChI=1S/C17H23N3O6/c1-23-11-9-12(18-19-20-7-5-6-8-20)14(13(10-11)24-2)15(16(21)25-3)17(22)26-4/h9-10,15H,5-8H2,1-4H3. The van der Waals surface area contributed by atoms with Crippen LogP contribution in [0.5, 0.6) is 11.5 Å². The topological polar surface area (TPSA) is 99.0 Å². The maximum atomic E-state index is 12.3. The summed E-state index contributed by atoms with van der Waals surface area (Å²) in [6, 6.07) is 3.14. The van der Waals surface area contributed by atoms with Gasteiger partial charge in [0.05, 0.1) is 34.1 Å². The molecular weight excluding hydrogens is 342 g/mol. The molecule has 0 aliphatic carbocycles. The van der Waals surface area contributed by atoms with Crippen LogP contribution in [-0.4, -0.2) is 58.5 Å². The fourth-order valence-corrected chi connectivity index (χ4v) is 2.72. The Kier molecular flexibility index (Phi) is 6.76. The summed E-state index contributed by atoms with van der Waals surface area (Å²) in [6.45, 7) is 1.61. The number of rotatable bonds is 7. The lowest BCUT2D eigenvalue weighted by atomic mass is 9.96. The zero-order valence-electron chi connectivity index (χ0n) is 15.4. The Balaban J connectivity index is 2.58. The number of methoxy groups -OCH3 is 4. The summed E-state index contributed by atoms with van der Waals surface area (Å²) in [5, 5.41) is 10.3. The van der Waals surface area contributed by atoms with Crippen molar-refractivity contribution in [2.24, 2.45) is 10.3 Å². The highest BCUT2D eigenvalue weighted by Gasteiger charge is 2.36. The zero-order chi connectivity index (χ0) is 19.1. The Labute approximate surface area is 151 Å². The molecule has 26 heavy (non-hydrogen) atoms. The Hall–Kier alpha value is -2.84. The number of carbonyl (C=O) groups excluding carboxylic acids is 2. The van der Waals surface area contributed by atoms with Crippen LogP contribution in [0, 0.1) is 0 Å². The quantitative estimate of drug-likeness (QED) is 0.415. The number of ether oxygens (including phenoxy) is 4. The van der Waals surface area contributed by atoms with Gasteiger partial charge in [0.15, 0.2) is 5.92 Å². The van der Waals surface area contributed by atoms with E-state index in [9.17, 15) is 9.59 Å². The summed E-state index contributed by atoms with van der Waals surface area (Å²) in [4.78, 5) is 24.5. The summed E-state index contributed by atoms with van der Waals surface area (Å²) in [6.07, 6.45) is 2.08. The van der Waals surface area contributed by atoms with Crippen LogP contribution in [0.15, 0.2) is 22.5 Å². The Morgan fingerprint density at radius 2 is 1.62 bits per heavy atom. The zero-order valence-corrected chi connectivity index (χ0v) is 15.4. The largest absolute Gasteiger partial charge is 0.497 e. The van der Waals surface area contributed by atoms with E-state index >= 15 is 0 Å². The van der Waals surface area contributed by atoms with E-state index in [-0.39, 0.29) is 17.0 Å². The average molecular weight is 365 g/mol. The summed E-state index contributed by atoms with van der Waals surface area (Å²) in [5.74, 6) is -2.20. The number of nitrogens with zero attached hydrogens (tertiary/aromatic N) is 3. The molecule has 0 spiro atoms. The van der Waals surface area contributed by atoms with Crippen molar-refractivity contribution < 1.29 is 28.5 Å². The lowest BCUT2D eigenvalue weighted by molar-refractivity contribution is -0.154. The highest BCUT2D eigenvalue weighted by Crippen LogP contribution is 2.40. The number of benzene rings is 1. The molecule has 1 aliphatic rings. The van der Waals surface area contributed by atoms with E-state index in [4.69, 9.17) is 18.9 Å². The minimum atomic E-state index is -1.35. The van der Waals surface area contributed by atoms with E-state index in [0.717, 1.165) is 25.9 Å². The van der Waals surface area contributed by atoms with Gasteiger partial charge in [0.1, 0.15) is 11.5 Å². The predicted octanol–water partition coefficient (Wildman–Crippen LogP) is 2.23. The minimum absolute atomic E-state index is 0.218. The van der Waals surface area contributed by atoms with Gasteiger partial charge in [-0.15, -0.1) is 5.11 Å². The SMILES string of the molecule is COC(=O)C(C(=O)OC)c1c(N=NN2CCCC2)cc(OC)cc1OC. The van der Waals surface area contributed by atoms with Gasteiger partial charge in [-0.1, -0.05) is 5.22 Å². The average Bonchev–Trinajstić information content (AvgIpc) is 3.19. The first-order valence-corrected chi connectivity index (χ1v) is 8.13. The van der Waals surface area contributed by atoms with Crippen molar-refractivity contribution in [3.8, 4) is 11.5 Å². The highest BCUT2D eigenvalue weighted by atomic mass is 16.5. The van der Waals surface area contributed by atoms with Gasteiger partial charge in [-0.2, -0.15) is 0 Å². The van der Waals surface area contributed by atoms with Gasteiger partial charge in [0.25, 0.3) is 0 Å². The number of hydrogen-bond acceptors (Lipinski definition) is 8. The third kappa shape index (κ3) is 4.22. The van der Waals surface area contributed by atoms with Crippen molar-refractivity contribution in [2.75, 3.05) is 41.5 Å². The minimum Gasteiger partial charge on any atom is -0.497 e. The van der Waals surface area contributed by atoms with Crippen molar-refractivity contribution in [1.82, 2.24) is 5.01 Å². The maximum absolute atomic E-state index is 12.3. The van der Waals surface area contributed by atoms with Crippen LogP contribution < -0.4 is 9.47 Å². The molecule has 1 aromatic rings. The van der Waals surface area contributed by atoms with E-state index in [0.29, 0.717) is 5.75 Å². The van der Waals surface area contributed by atoms with E-state index in [1.165, 1.54) is 28.4 Å². The molecule has 0 N–H and O–H groups in total. The van der Waals surface area contributed by atoms with Crippen LogP contribution in [0.1, 0.15) is 24.3 Å². The van der Waals surface area contributed by atoms with Crippen molar-refractivity contribution in [3.05, 3.63) is 17.7 Å². The van der Waals surface area contributed by atoms with E-state index < -0.39 is 17.9 Å². The Morgan fingerprint density at radius 1 is 1.00 bits per heavy atom. The molecule has 1 saturated heterocycles. The molecule has 0 radical (unpaired) electrons. The summed E-state index contributed by atoms with van der Waals surface area (Å²) >= 11 is 0. The van der Waals surface area contributed by atoms with Gasteiger partial charge in [0.2, 0.25) is 0 Å². The molecule has 1 fully saturated rings. The molecule has 0 amide bonds. The lowest BCUT2D eigenvalue weighted by Gasteiger charge is -2.19. The predicted molar refractivity (Wildman–Crippen MR) is 91.6 cm³/mol. The third-order valence-electron chi connectivity index (χ3n) is 4.07. The Morgan fingerprint density at radius 3 is 2.12 bits per heavy atom. The second-order valence-corrected chi connectivity index (χ2v) is 5.59. The van der Waals surface area contributed by atoms with Gasteiger partial charge in [0, 0.05) is 30.8 Å². The molecule has 0 aromatic heterocycles. The van der Waals surface area contributed by atoms with Crippen LogP contribution in [-0.2, 0) is 19.1 Å². The van der Waals surface area contributed by atoms with Crippen molar-refractivity contribution in [2.45, 2.75) is 18.8 Å². The van der Waals surface area contributed by atoms with Crippen LogP contribution >= 0.6 is 0 Å². The van der Waals surface area contributed by atoms with Gasteiger partial charge < -0.3 is 18.9 Å². The molecular formula is C17H23N3O6. The fraction of sp³-hybridized carbons (Fsp3) is 0.529. The first-order valence-electron chi connectivity index (χ1n) is 8.13.